The number of benzene rings is 1. The molecule has 8 nitrogen and oxygen atoms in total. The van der Waals surface area contributed by atoms with E-state index in [4.69, 9.17) is 4.74 Å². The molecule has 2 aliphatic rings. The van der Waals surface area contributed by atoms with Gasteiger partial charge in [-0.25, -0.2) is 9.07 Å². The van der Waals surface area contributed by atoms with Crippen LogP contribution in [0.5, 0.6) is 0 Å². The molecule has 0 saturated carbocycles. The molecule has 0 radical (unpaired) electrons. The van der Waals surface area contributed by atoms with E-state index < -0.39 is 0 Å². The fourth-order valence-electron chi connectivity index (χ4n) is 3.89. The highest BCUT2D eigenvalue weighted by Gasteiger charge is 2.30. The van der Waals surface area contributed by atoms with E-state index in [9.17, 15) is 0 Å². The van der Waals surface area contributed by atoms with E-state index in [1.807, 2.05) is 25.1 Å². The maximum atomic E-state index is 15.4. The number of nitrogens with zero attached hydrogens (tertiary/aromatic N) is 6. The molecule has 0 atom stereocenters. The SMILES string of the molecule is Cc1cc(Nc2ncn(-c3cccnc3)n2)c(F)c(N2CCN(C3COC3)CC2)c1. The largest absolute Gasteiger partial charge is 0.378 e. The molecule has 2 fully saturated rings. The van der Waals surface area contributed by atoms with Crippen molar-refractivity contribution in [3.8, 4) is 5.69 Å². The van der Waals surface area contributed by atoms with Gasteiger partial charge in [0.05, 0.1) is 42.5 Å². The Morgan fingerprint density at radius 1 is 1.17 bits per heavy atom. The zero-order chi connectivity index (χ0) is 20.5. The molecule has 30 heavy (non-hydrogen) atoms. The fourth-order valence-corrected chi connectivity index (χ4v) is 3.89. The number of aryl methyl sites for hydroxylation is 1. The Hall–Kier alpha value is -3.04. The zero-order valence-corrected chi connectivity index (χ0v) is 16.8. The molecule has 2 aromatic heterocycles. The first kappa shape index (κ1) is 19.0. The first-order valence-electron chi connectivity index (χ1n) is 10.1. The van der Waals surface area contributed by atoms with E-state index in [0.29, 0.717) is 23.4 Å². The van der Waals surface area contributed by atoms with Crippen LogP contribution in [-0.2, 0) is 4.74 Å². The van der Waals surface area contributed by atoms with Crippen LogP contribution in [0.2, 0.25) is 0 Å². The van der Waals surface area contributed by atoms with Gasteiger partial charge < -0.3 is 15.0 Å². The van der Waals surface area contributed by atoms with Crippen molar-refractivity contribution in [3.05, 3.63) is 54.4 Å². The molecule has 0 amide bonds. The van der Waals surface area contributed by atoms with Gasteiger partial charge in [-0.1, -0.05) is 0 Å². The molecule has 9 heteroatoms. The lowest BCUT2D eigenvalue weighted by Crippen LogP contribution is -2.56. The average molecular weight is 409 g/mol. The van der Waals surface area contributed by atoms with Gasteiger partial charge >= 0.3 is 0 Å². The molecule has 3 aromatic rings. The highest BCUT2D eigenvalue weighted by Crippen LogP contribution is 2.30. The van der Waals surface area contributed by atoms with Crippen LogP contribution in [0.25, 0.3) is 5.69 Å². The third-order valence-corrected chi connectivity index (χ3v) is 5.64. The van der Waals surface area contributed by atoms with Crippen LogP contribution in [-0.4, -0.2) is 70.1 Å². The van der Waals surface area contributed by atoms with Gasteiger partial charge in [0, 0.05) is 32.4 Å². The van der Waals surface area contributed by atoms with Crippen LogP contribution in [0.4, 0.5) is 21.7 Å². The molecule has 2 saturated heterocycles. The van der Waals surface area contributed by atoms with Gasteiger partial charge in [-0.3, -0.25) is 9.88 Å². The molecule has 4 heterocycles. The van der Waals surface area contributed by atoms with Crippen molar-refractivity contribution in [1.29, 1.82) is 0 Å². The van der Waals surface area contributed by atoms with Crippen LogP contribution in [0, 0.1) is 12.7 Å². The number of piperazine rings is 1. The second kappa shape index (κ2) is 8.00. The zero-order valence-electron chi connectivity index (χ0n) is 16.8. The lowest BCUT2D eigenvalue weighted by atomic mass is 10.1. The van der Waals surface area contributed by atoms with Gasteiger partial charge in [-0.2, -0.15) is 4.98 Å². The monoisotopic (exact) mass is 409 g/mol. The summed E-state index contributed by atoms with van der Waals surface area (Å²) in [5, 5.41) is 7.43. The van der Waals surface area contributed by atoms with E-state index in [-0.39, 0.29) is 5.82 Å². The normalized spacial score (nSPS) is 17.7. The van der Waals surface area contributed by atoms with E-state index in [1.165, 1.54) is 0 Å². The second-order valence-corrected chi connectivity index (χ2v) is 7.71. The first-order valence-corrected chi connectivity index (χ1v) is 10.1. The summed E-state index contributed by atoms with van der Waals surface area (Å²) < 4.78 is 22.3. The predicted molar refractivity (Wildman–Crippen MR) is 112 cm³/mol. The number of pyridine rings is 1. The highest BCUT2D eigenvalue weighted by atomic mass is 19.1. The number of hydrogen-bond acceptors (Lipinski definition) is 7. The maximum absolute atomic E-state index is 15.4. The molecule has 0 spiro atoms. The van der Waals surface area contributed by atoms with E-state index in [2.05, 4.69) is 30.2 Å². The number of ether oxygens (including phenoxy) is 1. The van der Waals surface area contributed by atoms with Crippen molar-refractivity contribution in [2.24, 2.45) is 0 Å². The third kappa shape index (κ3) is 3.73. The van der Waals surface area contributed by atoms with Gasteiger partial charge in [-0.15, -0.1) is 5.10 Å². The van der Waals surface area contributed by atoms with Crippen LogP contribution >= 0.6 is 0 Å². The summed E-state index contributed by atoms with van der Waals surface area (Å²) in [5.74, 6) is 0.0582. The number of anilines is 3. The lowest BCUT2D eigenvalue weighted by Gasteiger charge is -2.43. The molecule has 1 N–H and O–H groups in total. The maximum Gasteiger partial charge on any atom is 0.247 e. The van der Waals surface area contributed by atoms with Crippen molar-refractivity contribution in [2.75, 3.05) is 49.6 Å². The molecule has 0 aliphatic carbocycles. The summed E-state index contributed by atoms with van der Waals surface area (Å²) in [6.07, 6.45) is 4.97. The minimum absolute atomic E-state index is 0.279. The standard InChI is InChI=1S/C21H24FN7O/c1-15-9-18(25-21-24-14-29(26-21)16-3-2-4-23-11-16)20(22)19(10-15)28-7-5-27(6-8-28)17-12-30-13-17/h2-4,9-11,14,17H,5-8,12-13H2,1H3,(H,25,26). The quantitative estimate of drug-likeness (QED) is 0.694. The summed E-state index contributed by atoms with van der Waals surface area (Å²) in [5.41, 5.74) is 2.77. The number of hydrogen-bond donors (Lipinski definition) is 1. The van der Waals surface area contributed by atoms with Crippen molar-refractivity contribution in [1.82, 2.24) is 24.6 Å². The summed E-state index contributed by atoms with van der Waals surface area (Å²) in [4.78, 5) is 12.9. The van der Waals surface area contributed by atoms with Gasteiger partial charge in [-0.05, 0) is 36.8 Å². The lowest BCUT2D eigenvalue weighted by molar-refractivity contribution is -0.0660. The van der Waals surface area contributed by atoms with Crippen molar-refractivity contribution < 1.29 is 9.13 Å². The molecule has 2 aliphatic heterocycles. The van der Waals surface area contributed by atoms with Crippen molar-refractivity contribution >= 4 is 17.3 Å². The van der Waals surface area contributed by atoms with Crippen LogP contribution < -0.4 is 10.2 Å². The topological polar surface area (TPSA) is 71.3 Å². The smallest absolute Gasteiger partial charge is 0.247 e. The Labute approximate surface area is 174 Å². The average Bonchev–Trinajstić information content (AvgIpc) is 3.19. The Morgan fingerprint density at radius 2 is 2.00 bits per heavy atom. The van der Waals surface area contributed by atoms with Crippen LogP contribution in [0.1, 0.15) is 5.56 Å². The van der Waals surface area contributed by atoms with Crippen molar-refractivity contribution in [3.63, 3.8) is 0 Å². The summed E-state index contributed by atoms with van der Waals surface area (Å²) >= 11 is 0. The van der Waals surface area contributed by atoms with E-state index in [1.54, 1.807) is 29.5 Å². The minimum Gasteiger partial charge on any atom is -0.378 e. The molecule has 156 valence electrons. The third-order valence-electron chi connectivity index (χ3n) is 5.64. The van der Waals surface area contributed by atoms with E-state index in [0.717, 1.165) is 50.6 Å². The molecule has 1 aromatic carbocycles. The number of rotatable bonds is 5. The Morgan fingerprint density at radius 3 is 2.70 bits per heavy atom. The molecule has 5 rings (SSSR count). The fraction of sp³-hybridized carbons (Fsp3) is 0.381. The Balaban J connectivity index is 1.33. The van der Waals surface area contributed by atoms with E-state index >= 15 is 4.39 Å². The van der Waals surface area contributed by atoms with Gasteiger partial charge in [0.15, 0.2) is 5.82 Å². The highest BCUT2D eigenvalue weighted by molar-refractivity contribution is 5.65. The molecular weight excluding hydrogens is 385 g/mol. The molecule has 0 unspecified atom stereocenters. The van der Waals surface area contributed by atoms with Gasteiger partial charge in [0.2, 0.25) is 5.95 Å². The second-order valence-electron chi connectivity index (χ2n) is 7.71. The molecular formula is C21H24FN7O. The van der Waals surface area contributed by atoms with Crippen LogP contribution in [0.15, 0.2) is 43.0 Å². The van der Waals surface area contributed by atoms with Gasteiger partial charge in [0.1, 0.15) is 6.33 Å². The summed E-state index contributed by atoms with van der Waals surface area (Å²) in [7, 11) is 0. The summed E-state index contributed by atoms with van der Waals surface area (Å²) in [6.45, 7) is 7.02. The Bertz CT molecular complexity index is 1010. The Kier molecular flexibility index (Phi) is 5.06. The molecule has 0 bridgehead atoms. The summed E-state index contributed by atoms with van der Waals surface area (Å²) in [6, 6.07) is 7.92. The van der Waals surface area contributed by atoms with Crippen molar-refractivity contribution in [2.45, 2.75) is 13.0 Å². The first-order chi connectivity index (χ1) is 14.7. The van der Waals surface area contributed by atoms with Gasteiger partial charge in [0.25, 0.3) is 0 Å². The predicted octanol–water partition coefficient (Wildman–Crippen LogP) is 2.37. The minimum atomic E-state index is -0.279. The number of nitrogens with one attached hydrogen (secondary N) is 1. The number of halogens is 1. The number of aromatic nitrogens is 4. The van der Waals surface area contributed by atoms with Crippen LogP contribution in [0.3, 0.4) is 0 Å².